The molecule has 4 rings (SSSR count). The maximum absolute atomic E-state index is 13.1. The summed E-state index contributed by atoms with van der Waals surface area (Å²) in [5.41, 5.74) is 2.54. The Morgan fingerprint density at radius 1 is 1.17 bits per heavy atom. The van der Waals surface area contributed by atoms with Gasteiger partial charge in [-0.25, -0.2) is 8.42 Å². The third-order valence-electron chi connectivity index (χ3n) is 5.33. The van der Waals surface area contributed by atoms with Crippen LogP contribution in [0.15, 0.2) is 51.9 Å². The number of sulfonamides is 1. The standard InChI is InChI=1S/C22H25N3O4S/c1-15-7-5-6-8-18(15)21-23-20(29-24-21)14-25(4)30(26,27)17-9-10-19-16(13-17)11-12-22(2,3)28-19/h5-10,13H,11-12,14H2,1-4H3. The quantitative estimate of drug-likeness (QED) is 0.612. The molecule has 0 bridgehead atoms. The first-order valence-corrected chi connectivity index (χ1v) is 11.3. The van der Waals surface area contributed by atoms with Crippen LogP contribution < -0.4 is 4.74 Å². The molecule has 1 aliphatic heterocycles. The predicted octanol–water partition coefficient (Wildman–Crippen LogP) is 3.97. The van der Waals surface area contributed by atoms with E-state index in [-0.39, 0.29) is 22.9 Å². The zero-order chi connectivity index (χ0) is 21.5. The van der Waals surface area contributed by atoms with E-state index >= 15 is 0 Å². The highest BCUT2D eigenvalue weighted by Crippen LogP contribution is 2.34. The van der Waals surface area contributed by atoms with E-state index in [4.69, 9.17) is 9.26 Å². The third-order valence-corrected chi connectivity index (χ3v) is 7.13. The first kappa shape index (κ1) is 20.6. The van der Waals surface area contributed by atoms with Crippen molar-refractivity contribution in [1.29, 1.82) is 0 Å². The number of nitrogens with zero attached hydrogens (tertiary/aromatic N) is 3. The molecule has 2 aromatic carbocycles. The van der Waals surface area contributed by atoms with Gasteiger partial charge in [-0.1, -0.05) is 29.4 Å². The molecule has 0 aliphatic carbocycles. The van der Waals surface area contributed by atoms with E-state index < -0.39 is 10.0 Å². The summed E-state index contributed by atoms with van der Waals surface area (Å²) in [6.07, 6.45) is 1.61. The number of rotatable bonds is 5. The molecule has 0 saturated heterocycles. The molecule has 7 nitrogen and oxygen atoms in total. The Hall–Kier alpha value is -2.71. The third kappa shape index (κ3) is 3.97. The maximum atomic E-state index is 13.1. The summed E-state index contributed by atoms with van der Waals surface area (Å²) < 4.78 is 38.6. The van der Waals surface area contributed by atoms with Crippen LogP contribution >= 0.6 is 0 Å². The number of aromatic nitrogens is 2. The lowest BCUT2D eigenvalue weighted by Crippen LogP contribution is -2.33. The molecule has 30 heavy (non-hydrogen) atoms. The Balaban J connectivity index is 1.54. The first-order chi connectivity index (χ1) is 14.2. The van der Waals surface area contributed by atoms with Gasteiger partial charge in [0.25, 0.3) is 0 Å². The zero-order valence-electron chi connectivity index (χ0n) is 17.5. The molecule has 158 valence electrons. The number of fused-ring (bicyclic) bond motifs is 1. The summed E-state index contributed by atoms with van der Waals surface area (Å²) in [7, 11) is -2.21. The van der Waals surface area contributed by atoms with Gasteiger partial charge in [0.05, 0.1) is 11.4 Å². The second-order valence-electron chi connectivity index (χ2n) is 8.22. The Bertz CT molecular complexity index is 1180. The molecule has 3 aromatic rings. The average molecular weight is 428 g/mol. The molecule has 0 atom stereocenters. The molecule has 0 saturated carbocycles. The van der Waals surface area contributed by atoms with Crippen molar-refractivity contribution < 1.29 is 17.7 Å². The highest BCUT2D eigenvalue weighted by molar-refractivity contribution is 7.89. The minimum atomic E-state index is -3.71. The Morgan fingerprint density at radius 2 is 1.93 bits per heavy atom. The second-order valence-corrected chi connectivity index (χ2v) is 10.3. The van der Waals surface area contributed by atoms with Crippen LogP contribution in [-0.4, -0.2) is 35.5 Å². The van der Waals surface area contributed by atoms with Gasteiger partial charge in [0, 0.05) is 12.6 Å². The molecule has 8 heteroatoms. The number of benzene rings is 2. The van der Waals surface area contributed by atoms with Crippen LogP contribution in [0.3, 0.4) is 0 Å². The van der Waals surface area contributed by atoms with Crippen LogP contribution in [-0.2, 0) is 23.0 Å². The van der Waals surface area contributed by atoms with Crippen molar-refractivity contribution in [2.75, 3.05) is 7.05 Å². The van der Waals surface area contributed by atoms with Crippen molar-refractivity contribution in [3.63, 3.8) is 0 Å². The maximum Gasteiger partial charge on any atom is 0.243 e. The van der Waals surface area contributed by atoms with E-state index in [0.717, 1.165) is 35.3 Å². The topological polar surface area (TPSA) is 85.5 Å². The molecular weight excluding hydrogens is 402 g/mol. The summed E-state index contributed by atoms with van der Waals surface area (Å²) in [6.45, 7) is 6.01. The van der Waals surface area contributed by atoms with Crippen LogP contribution in [0.25, 0.3) is 11.4 Å². The van der Waals surface area contributed by atoms with Crippen molar-refractivity contribution >= 4 is 10.0 Å². The molecule has 0 amide bonds. The lowest BCUT2D eigenvalue weighted by Gasteiger charge is -2.32. The molecule has 0 spiro atoms. The summed E-state index contributed by atoms with van der Waals surface area (Å²) in [4.78, 5) is 4.60. The normalized spacial score (nSPS) is 15.6. The van der Waals surface area contributed by atoms with Crippen LogP contribution in [0, 0.1) is 6.92 Å². The van der Waals surface area contributed by atoms with Crippen molar-refractivity contribution in [2.24, 2.45) is 0 Å². The number of ether oxygens (including phenoxy) is 1. The van der Waals surface area contributed by atoms with Crippen LogP contribution in [0.1, 0.15) is 37.3 Å². The molecule has 0 radical (unpaired) electrons. The fourth-order valence-corrected chi connectivity index (χ4v) is 4.67. The molecule has 2 heterocycles. The zero-order valence-corrected chi connectivity index (χ0v) is 18.4. The van der Waals surface area contributed by atoms with Crippen LogP contribution in [0.2, 0.25) is 0 Å². The smallest absolute Gasteiger partial charge is 0.243 e. The minimum absolute atomic E-state index is 0.0121. The van der Waals surface area contributed by atoms with Gasteiger partial charge in [0.1, 0.15) is 11.4 Å². The predicted molar refractivity (Wildman–Crippen MR) is 113 cm³/mol. The molecule has 0 fully saturated rings. The van der Waals surface area contributed by atoms with Gasteiger partial charge in [-0.05, 0) is 62.9 Å². The Labute approximate surface area is 176 Å². The van der Waals surface area contributed by atoms with E-state index in [1.54, 1.807) is 18.2 Å². The van der Waals surface area contributed by atoms with Gasteiger partial charge in [0.15, 0.2) is 0 Å². The Morgan fingerprint density at radius 3 is 2.70 bits per heavy atom. The van der Waals surface area contributed by atoms with E-state index in [2.05, 4.69) is 10.1 Å². The summed E-state index contributed by atoms with van der Waals surface area (Å²) in [5, 5.41) is 4.00. The first-order valence-electron chi connectivity index (χ1n) is 9.83. The van der Waals surface area contributed by atoms with E-state index in [1.807, 2.05) is 45.0 Å². The molecule has 1 aromatic heterocycles. The van der Waals surface area contributed by atoms with Crippen molar-refractivity contribution in [3.8, 4) is 17.1 Å². The van der Waals surface area contributed by atoms with E-state index in [1.165, 1.54) is 11.4 Å². The largest absolute Gasteiger partial charge is 0.488 e. The van der Waals surface area contributed by atoms with E-state index in [9.17, 15) is 8.42 Å². The molecule has 0 N–H and O–H groups in total. The second kappa shape index (κ2) is 7.52. The number of aryl methyl sites for hydroxylation is 2. The van der Waals surface area contributed by atoms with E-state index in [0.29, 0.717) is 5.82 Å². The number of hydrogen-bond acceptors (Lipinski definition) is 6. The van der Waals surface area contributed by atoms with Crippen molar-refractivity contribution in [3.05, 3.63) is 59.5 Å². The highest BCUT2D eigenvalue weighted by Gasteiger charge is 2.29. The molecule has 1 aliphatic rings. The molecular formula is C22H25N3O4S. The van der Waals surface area contributed by atoms with Crippen molar-refractivity contribution in [2.45, 2.75) is 50.7 Å². The fourth-order valence-electron chi connectivity index (χ4n) is 3.50. The average Bonchev–Trinajstić information content (AvgIpc) is 3.15. The lowest BCUT2D eigenvalue weighted by atomic mass is 9.94. The van der Waals surface area contributed by atoms with Gasteiger partial charge < -0.3 is 9.26 Å². The number of hydrogen-bond donors (Lipinski definition) is 0. The van der Waals surface area contributed by atoms with Gasteiger partial charge in [-0.3, -0.25) is 0 Å². The highest BCUT2D eigenvalue weighted by atomic mass is 32.2. The van der Waals surface area contributed by atoms with Gasteiger partial charge in [0.2, 0.25) is 21.7 Å². The molecule has 0 unspecified atom stereocenters. The lowest BCUT2D eigenvalue weighted by molar-refractivity contribution is 0.0845. The Kier molecular flexibility index (Phi) is 5.15. The van der Waals surface area contributed by atoms with Crippen LogP contribution in [0.4, 0.5) is 0 Å². The van der Waals surface area contributed by atoms with Crippen molar-refractivity contribution in [1.82, 2.24) is 14.4 Å². The monoisotopic (exact) mass is 427 g/mol. The van der Waals surface area contributed by atoms with Gasteiger partial charge in [-0.15, -0.1) is 0 Å². The minimum Gasteiger partial charge on any atom is -0.488 e. The summed E-state index contributed by atoms with van der Waals surface area (Å²) >= 11 is 0. The van der Waals surface area contributed by atoms with Gasteiger partial charge in [-0.2, -0.15) is 9.29 Å². The van der Waals surface area contributed by atoms with Crippen LogP contribution in [0.5, 0.6) is 5.75 Å². The fraction of sp³-hybridized carbons (Fsp3) is 0.364. The van der Waals surface area contributed by atoms with Gasteiger partial charge >= 0.3 is 0 Å². The summed E-state index contributed by atoms with van der Waals surface area (Å²) in [5.74, 6) is 1.43. The summed E-state index contributed by atoms with van der Waals surface area (Å²) in [6, 6.07) is 12.7. The SMILES string of the molecule is Cc1ccccc1-c1noc(CN(C)S(=O)(=O)c2ccc3c(c2)CCC(C)(C)O3)n1.